The van der Waals surface area contributed by atoms with Crippen LogP contribution in [0.25, 0.3) is 0 Å². The molecule has 19 heavy (non-hydrogen) atoms. The molecule has 5 heteroatoms. The van der Waals surface area contributed by atoms with E-state index in [1.807, 2.05) is 24.8 Å². The monoisotopic (exact) mass is 409 g/mol. The number of hydrogen-bond acceptors (Lipinski definition) is 3. The first-order chi connectivity index (χ1) is 9.12. The van der Waals surface area contributed by atoms with Crippen molar-refractivity contribution in [3.63, 3.8) is 0 Å². The van der Waals surface area contributed by atoms with Crippen LogP contribution in [0.1, 0.15) is 25.8 Å². The van der Waals surface area contributed by atoms with Crippen LogP contribution in [0, 0.1) is 0 Å². The molecule has 1 aromatic rings. The molecule has 0 radical (unpaired) electrons. The van der Waals surface area contributed by atoms with Crippen LogP contribution in [0.3, 0.4) is 0 Å². The van der Waals surface area contributed by atoms with Gasteiger partial charge in [0.2, 0.25) is 0 Å². The highest BCUT2D eigenvalue weighted by molar-refractivity contribution is 9.11. The van der Waals surface area contributed by atoms with Gasteiger partial charge in [-0.25, -0.2) is 0 Å². The Hall–Kier alpha value is 0.290. The third kappa shape index (κ3) is 5.66. The molecule has 0 heterocycles. The fraction of sp³-hybridized carbons (Fsp3) is 0.571. The molecular weight excluding hydrogens is 390 g/mol. The van der Waals surface area contributed by atoms with Crippen LogP contribution < -0.4 is 10.1 Å². The zero-order valence-electron chi connectivity index (χ0n) is 11.6. The molecule has 0 bridgehead atoms. The summed E-state index contributed by atoms with van der Waals surface area (Å²) in [6.07, 6.45) is 3.28. The van der Waals surface area contributed by atoms with Crippen LogP contribution >= 0.6 is 43.6 Å². The van der Waals surface area contributed by atoms with Gasteiger partial charge >= 0.3 is 0 Å². The van der Waals surface area contributed by atoms with Gasteiger partial charge in [-0.1, -0.05) is 22.9 Å². The minimum absolute atomic E-state index is 0.544. The van der Waals surface area contributed by atoms with E-state index in [9.17, 15) is 0 Å². The molecule has 1 atom stereocenters. The Bertz CT molecular complexity index is 401. The molecule has 1 unspecified atom stereocenters. The fourth-order valence-electron chi connectivity index (χ4n) is 1.83. The lowest BCUT2D eigenvalue weighted by Gasteiger charge is -2.18. The Kier molecular flexibility index (Phi) is 8.46. The zero-order chi connectivity index (χ0) is 14.3. The Labute approximate surface area is 137 Å². The predicted molar refractivity (Wildman–Crippen MR) is 92.3 cm³/mol. The van der Waals surface area contributed by atoms with Gasteiger partial charge in [-0.2, -0.15) is 11.8 Å². The van der Waals surface area contributed by atoms with E-state index in [2.05, 4.69) is 56.4 Å². The summed E-state index contributed by atoms with van der Waals surface area (Å²) in [6, 6.07) is 4.68. The molecule has 108 valence electrons. The summed E-state index contributed by atoms with van der Waals surface area (Å²) >= 11 is 8.98. The Morgan fingerprint density at radius 3 is 2.63 bits per heavy atom. The number of thioether (sulfide) groups is 1. The van der Waals surface area contributed by atoms with E-state index in [0.717, 1.165) is 33.4 Å². The van der Waals surface area contributed by atoms with Crippen LogP contribution in [-0.4, -0.2) is 24.7 Å². The lowest BCUT2D eigenvalue weighted by molar-refractivity contribution is 0.332. The molecule has 1 aromatic carbocycles. The Morgan fingerprint density at radius 2 is 2.05 bits per heavy atom. The average Bonchev–Trinajstić information content (AvgIpc) is 2.38. The van der Waals surface area contributed by atoms with Crippen molar-refractivity contribution in [3.8, 4) is 5.75 Å². The third-order valence-corrected chi connectivity index (χ3v) is 4.60. The van der Waals surface area contributed by atoms with Crippen molar-refractivity contribution in [1.29, 1.82) is 0 Å². The normalized spacial score (nSPS) is 12.5. The standard InChI is InChI=1S/C14H21Br2NOS/c1-4-12(9-19-3)17-8-10-6-11(15)7-13(16)14(10)18-5-2/h6-7,12,17H,4-5,8-9H2,1-3H3. The Morgan fingerprint density at radius 1 is 1.32 bits per heavy atom. The number of nitrogens with one attached hydrogen (secondary N) is 1. The van der Waals surface area contributed by atoms with E-state index in [4.69, 9.17) is 4.74 Å². The quantitative estimate of drug-likeness (QED) is 0.662. The summed E-state index contributed by atoms with van der Waals surface area (Å²) in [7, 11) is 0. The fourth-order valence-corrected chi connectivity index (χ4v) is 4.01. The van der Waals surface area contributed by atoms with Crippen LogP contribution in [0.4, 0.5) is 0 Å². The molecule has 0 aliphatic rings. The molecule has 0 saturated heterocycles. The maximum Gasteiger partial charge on any atom is 0.138 e. The Balaban J connectivity index is 2.80. The van der Waals surface area contributed by atoms with Gasteiger partial charge in [0.15, 0.2) is 0 Å². The summed E-state index contributed by atoms with van der Waals surface area (Å²) in [6.45, 7) is 5.73. The smallest absolute Gasteiger partial charge is 0.138 e. The summed E-state index contributed by atoms with van der Waals surface area (Å²) in [5, 5.41) is 3.60. The predicted octanol–water partition coefficient (Wildman–Crippen LogP) is 4.84. The molecule has 0 aromatic heterocycles. The summed E-state index contributed by atoms with van der Waals surface area (Å²) < 4.78 is 7.80. The topological polar surface area (TPSA) is 21.3 Å². The van der Waals surface area contributed by atoms with E-state index < -0.39 is 0 Å². The van der Waals surface area contributed by atoms with Crippen molar-refractivity contribution < 1.29 is 4.74 Å². The average molecular weight is 411 g/mol. The lowest BCUT2D eigenvalue weighted by Crippen LogP contribution is -2.30. The van der Waals surface area contributed by atoms with Gasteiger partial charge in [0.1, 0.15) is 5.75 Å². The van der Waals surface area contributed by atoms with Crippen LogP contribution in [0.15, 0.2) is 21.1 Å². The lowest BCUT2D eigenvalue weighted by atomic mass is 10.1. The number of halogens is 2. The maximum absolute atomic E-state index is 5.74. The summed E-state index contributed by atoms with van der Waals surface area (Å²) in [4.78, 5) is 0. The zero-order valence-corrected chi connectivity index (χ0v) is 15.6. The van der Waals surface area contributed by atoms with E-state index in [1.165, 1.54) is 5.56 Å². The summed E-state index contributed by atoms with van der Waals surface area (Å²) in [5.74, 6) is 2.08. The number of hydrogen-bond donors (Lipinski definition) is 1. The van der Waals surface area contributed by atoms with Gasteiger partial charge in [0, 0.05) is 28.4 Å². The first kappa shape index (κ1) is 17.3. The van der Waals surface area contributed by atoms with Crippen LogP contribution in [-0.2, 0) is 6.54 Å². The largest absolute Gasteiger partial charge is 0.492 e. The van der Waals surface area contributed by atoms with Gasteiger partial charge in [-0.15, -0.1) is 0 Å². The first-order valence-electron chi connectivity index (χ1n) is 6.45. The molecule has 1 rings (SSSR count). The molecule has 0 aliphatic carbocycles. The van der Waals surface area contributed by atoms with Crippen molar-refractivity contribution in [2.45, 2.75) is 32.9 Å². The van der Waals surface area contributed by atoms with Gasteiger partial charge in [-0.05, 0) is 47.7 Å². The van der Waals surface area contributed by atoms with Gasteiger partial charge in [0.25, 0.3) is 0 Å². The molecular formula is C14H21Br2NOS. The molecule has 0 fully saturated rings. The number of ether oxygens (including phenoxy) is 1. The van der Waals surface area contributed by atoms with Gasteiger partial charge < -0.3 is 10.1 Å². The highest BCUT2D eigenvalue weighted by atomic mass is 79.9. The van der Waals surface area contributed by atoms with Crippen molar-refractivity contribution in [2.24, 2.45) is 0 Å². The molecule has 0 saturated carbocycles. The third-order valence-electron chi connectivity index (χ3n) is 2.82. The summed E-state index contributed by atoms with van der Waals surface area (Å²) in [5.41, 5.74) is 1.18. The van der Waals surface area contributed by atoms with Crippen molar-refractivity contribution in [1.82, 2.24) is 5.32 Å². The number of benzene rings is 1. The second-order valence-electron chi connectivity index (χ2n) is 4.25. The van der Waals surface area contributed by atoms with Gasteiger partial charge in [-0.3, -0.25) is 0 Å². The molecule has 0 amide bonds. The van der Waals surface area contributed by atoms with Crippen LogP contribution in [0.2, 0.25) is 0 Å². The van der Waals surface area contributed by atoms with Gasteiger partial charge in [0.05, 0.1) is 11.1 Å². The molecule has 0 spiro atoms. The minimum atomic E-state index is 0.544. The SMILES string of the molecule is CCOc1c(Br)cc(Br)cc1CNC(CC)CSC. The van der Waals surface area contributed by atoms with E-state index in [0.29, 0.717) is 12.6 Å². The van der Waals surface area contributed by atoms with Crippen LogP contribution in [0.5, 0.6) is 5.75 Å². The van der Waals surface area contributed by atoms with E-state index in [1.54, 1.807) is 0 Å². The highest BCUT2D eigenvalue weighted by Gasteiger charge is 2.12. The highest BCUT2D eigenvalue weighted by Crippen LogP contribution is 2.33. The van der Waals surface area contributed by atoms with Crippen molar-refractivity contribution >= 4 is 43.6 Å². The minimum Gasteiger partial charge on any atom is -0.492 e. The maximum atomic E-state index is 5.74. The van der Waals surface area contributed by atoms with Crippen molar-refractivity contribution in [3.05, 3.63) is 26.6 Å². The molecule has 1 N–H and O–H groups in total. The second kappa shape index (κ2) is 9.27. The van der Waals surface area contributed by atoms with E-state index in [-0.39, 0.29) is 0 Å². The number of rotatable bonds is 8. The van der Waals surface area contributed by atoms with E-state index >= 15 is 0 Å². The first-order valence-corrected chi connectivity index (χ1v) is 9.43. The van der Waals surface area contributed by atoms with Crippen molar-refractivity contribution in [2.75, 3.05) is 18.6 Å². The molecule has 2 nitrogen and oxygen atoms in total. The second-order valence-corrected chi connectivity index (χ2v) is 6.93. The molecule has 0 aliphatic heterocycles.